The van der Waals surface area contributed by atoms with Gasteiger partial charge in [-0.05, 0) is 49.4 Å². The first-order valence-electron chi connectivity index (χ1n) is 6.35. The Morgan fingerprint density at radius 2 is 2.11 bits per heavy atom. The third-order valence-corrected chi connectivity index (χ3v) is 4.79. The molecule has 0 spiro atoms. The Kier molecular flexibility index (Phi) is 3.92. The molecule has 5 heteroatoms. The lowest BCUT2D eigenvalue weighted by molar-refractivity contribution is 0.572. The first kappa shape index (κ1) is 13.4. The van der Waals surface area contributed by atoms with Gasteiger partial charge in [-0.15, -0.1) is 0 Å². The van der Waals surface area contributed by atoms with Gasteiger partial charge < -0.3 is 5.73 Å². The van der Waals surface area contributed by atoms with Crippen molar-refractivity contribution in [3.8, 4) is 0 Å². The quantitative estimate of drug-likeness (QED) is 0.612. The van der Waals surface area contributed by atoms with Crippen LogP contribution in [0.15, 0.2) is 23.1 Å². The van der Waals surface area contributed by atoms with E-state index >= 15 is 0 Å². The van der Waals surface area contributed by atoms with E-state index in [0.717, 1.165) is 24.3 Å². The molecule has 1 fully saturated rings. The fourth-order valence-electron chi connectivity index (χ4n) is 1.90. The molecule has 1 aromatic carbocycles. The minimum atomic E-state index is -3.38. The van der Waals surface area contributed by atoms with Gasteiger partial charge in [0.15, 0.2) is 0 Å². The lowest BCUT2D eigenvalue weighted by Crippen LogP contribution is -2.25. The number of nitrogen functional groups attached to an aromatic ring is 1. The van der Waals surface area contributed by atoms with Gasteiger partial charge in [-0.25, -0.2) is 13.1 Å². The normalized spacial score (nSPS) is 15.8. The van der Waals surface area contributed by atoms with Crippen molar-refractivity contribution in [2.24, 2.45) is 5.92 Å². The molecule has 0 aromatic heterocycles. The maximum atomic E-state index is 12.0. The number of sulfonamides is 1. The third kappa shape index (κ3) is 3.46. The second kappa shape index (κ2) is 5.28. The Morgan fingerprint density at radius 1 is 1.39 bits per heavy atom. The fraction of sp³-hybridized carbons (Fsp3) is 0.538. The van der Waals surface area contributed by atoms with E-state index < -0.39 is 10.0 Å². The van der Waals surface area contributed by atoms with E-state index in [2.05, 4.69) is 4.72 Å². The predicted octanol–water partition coefficient (Wildman–Crippen LogP) is 2.05. The number of anilines is 1. The molecule has 0 saturated heterocycles. The highest BCUT2D eigenvalue weighted by molar-refractivity contribution is 7.89. The van der Waals surface area contributed by atoms with Gasteiger partial charge >= 0.3 is 0 Å². The van der Waals surface area contributed by atoms with E-state index in [1.54, 1.807) is 25.1 Å². The van der Waals surface area contributed by atoms with Gasteiger partial charge in [0.2, 0.25) is 10.0 Å². The topological polar surface area (TPSA) is 72.2 Å². The monoisotopic (exact) mass is 268 g/mol. The van der Waals surface area contributed by atoms with Gasteiger partial charge in [-0.1, -0.05) is 12.8 Å². The van der Waals surface area contributed by atoms with E-state index in [9.17, 15) is 8.42 Å². The molecule has 3 N–H and O–H groups in total. The lowest BCUT2D eigenvalue weighted by atomic mass is 10.2. The molecular formula is C13H20N2O2S. The van der Waals surface area contributed by atoms with E-state index in [1.165, 1.54) is 12.8 Å². The smallest absolute Gasteiger partial charge is 0.240 e. The van der Waals surface area contributed by atoms with Crippen molar-refractivity contribution in [2.75, 3.05) is 12.3 Å². The van der Waals surface area contributed by atoms with Gasteiger partial charge in [-0.2, -0.15) is 0 Å². The van der Waals surface area contributed by atoms with Crippen LogP contribution in [0.4, 0.5) is 5.69 Å². The van der Waals surface area contributed by atoms with Crippen molar-refractivity contribution < 1.29 is 8.42 Å². The highest BCUT2D eigenvalue weighted by atomic mass is 32.2. The summed E-state index contributed by atoms with van der Waals surface area (Å²) in [5, 5.41) is 0. The molecule has 1 aliphatic rings. The largest absolute Gasteiger partial charge is 0.399 e. The summed E-state index contributed by atoms with van der Waals surface area (Å²) in [6, 6.07) is 4.79. The molecule has 1 aliphatic carbocycles. The van der Waals surface area contributed by atoms with Gasteiger partial charge in [-0.3, -0.25) is 0 Å². The highest BCUT2D eigenvalue weighted by Crippen LogP contribution is 2.33. The fourth-order valence-corrected chi connectivity index (χ4v) is 3.06. The highest BCUT2D eigenvalue weighted by Gasteiger charge is 2.21. The number of hydrogen-bond acceptors (Lipinski definition) is 3. The zero-order valence-electron chi connectivity index (χ0n) is 10.6. The SMILES string of the molecule is Cc1cc(S(=O)(=O)NCCCC2CC2)ccc1N. The summed E-state index contributed by atoms with van der Waals surface area (Å²) < 4.78 is 26.6. The Hall–Kier alpha value is -1.07. The number of aryl methyl sites for hydroxylation is 1. The van der Waals surface area contributed by atoms with Crippen molar-refractivity contribution in [1.29, 1.82) is 0 Å². The van der Waals surface area contributed by atoms with Crippen molar-refractivity contribution in [3.63, 3.8) is 0 Å². The lowest BCUT2D eigenvalue weighted by Gasteiger charge is -2.08. The average molecular weight is 268 g/mol. The zero-order valence-corrected chi connectivity index (χ0v) is 11.5. The summed E-state index contributed by atoms with van der Waals surface area (Å²) in [5.74, 6) is 0.841. The van der Waals surface area contributed by atoms with Crippen molar-refractivity contribution in [1.82, 2.24) is 4.72 Å². The molecule has 0 amide bonds. The second-order valence-electron chi connectivity index (χ2n) is 5.00. The number of hydrogen-bond donors (Lipinski definition) is 2. The molecule has 0 radical (unpaired) electrons. The van der Waals surface area contributed by atoms with Crippen LogP contribution in [0.3, 0.4) is 0 Å². The van der Waals surface area contributed by atoms with E-state index in [-0.39, 0.29) is 0 Å². The molecule has 0 atom stereocenters. The maximum absolute atomic E-state index is 12.0. The number of rotatable bonds is 6. The van der Waals surface area contributed by atoms with Gasteiger partial charge in [0.1, 0.15) is 0 Å². The molecule has 0 unspecified atom stereocenters. The first-order chi connectivity index (χ1) is 8.49. The predicted molar refractivity (Wildman–Crippen MR) is 72.7 cm³/mol. The summed E-state index contributed by atoms with van der Waals surface area (Å²) in [4.78, 5) is 0.292. The molecule has 18 heavy (non-hydrogen) atoms. The standard InChI is InChI=1S/C13H20N2O2S/c1-10-9-12(6-7-13(10)14)18(16,17)15-8-2-3-11-4-5-11/h6-7,9,11,15H,2-5,8,14H2,1H3. The molecule has 1 aromatic rings. The molecule has 0 aliphatic heterocycles. The van der Waals surface area contributed by atoms with Gasteiger partial charge in [0, 0.05) is 12.2 Å². The van der Waals surface area contributed by atoms with Crippen LogP contribution in [0.5, 0.6) is 0 Å². The van der Waals surface area contributed by atoms with Crippen molar-refractivity contribution in [3.05, 3.63) is 23.8 Å². The molecular weight excluding hydrogens is 248 g/mol. The molecule has 0 heterocycles. The van der Waals surface area contributed by atoms with E-state index in [1.807, 2.05) is 0 Å². The van der Waals surface area contributed by atoms with Crippen LogP contribution in [0.1, 0.15) is 31.2 Å². The average Bonchev–Trinajstić information content (AvgIpc) is 3.12. The van der Waals surface area contributed by atoms with Crippen LogP contribution >= 0.6 is 0 Å². The summed E-state index contributed by atoms with van der Waals surface area (Å²) in [6.07, 6.45) is 4.66. The molecule has 4 nitrogen and oxygen atoms in total. The number of nitrogens with two attached hydrogens (primary N) is 1. The van der Waals surface area contributed by atoms with Crippen LogP contribution in [-0.2, 0) is 10.0 Å². The van der Waals surface area contributed by atoms with E-state index in [4.69, 9.17) is 5.73 Å². The Bertz CT molecular complexity index is 522. The molecule has 2 rings (SSSR count). The second-order valence-corrected chi connectivity index (χ2v) is 6.77. The zero-order chi connectivity index (χ0) is 13.2. The summed E-state index contributed by atoms with van der Waals surface area (Å²) in [5.41, 5.74) is 7.08. The Morgan fingerprint density at radius 3 is 2.72 bits per heavy atom. The van der Waals surface area contributed by atoms with Gasteiger partial charge in [0.25, 0.3) is 0 Å². The number of benzene rings is 1. The first-order valence-corrected chi connectivity index (χ1v) is 7.83. The van der Waals surface area contributed by atoms with Gasteiger partial charge in [0.05, 0.1) is 4.90 Å². The third-order valence-electron chi connectivity index (χ3n) is 3.33. The van der Waals surface area contributed by atoms with Crippen LogP contribution in [0.25, 0.3) is 0 Å². The molecule has 1 saturated carbocycles. The van der Waals surface area contributed by atoms with Crippen LogP contribution in [0.2, 0.25) is 0 Å². The van der Waals surface area contributed by atoms with Crippen molar-refractivity contribution in [2.45, 2.75) is 37.5 Å². The van der Waals surface area contributed by atoms with Crippen LogP contribution in [0, 0.1) is 12.8 Å². The summed E-state index contributed by atoms with van der Waals surface area (Å²) in [6.45, 7) is 2.32. The summed E-state index contributed by atoms with van der Waals surface area (Å²) >= 11 is 0. The molecule has 0 bridgehead atoms. The number of nitrogens with one attached hydrogen (secondary N) is 1. The Labute approximate surface area is 109 Å². The maximum Gasteiger partial charge on any atom is 0.240 e. The minimum absolute atomic E-state index is 0.292. The Balaban J connectivity index is 1.93. The molecule has 100 valence electrons. The van der Waals surface area contributed by atoms with Crippen LogP contribution < -0.4 is 10.5 Å². The minimum Gasteiger partial charge on any atom is -0.399 e. The van der Waals surface area contributed by atoms with Crippen LogP contribution in [-0.4, -0.2) is 15.0 Å². The van der Waals surface area contributed by atoms with E-state index in [0.29, 0.717) is 17.1 Å². The van der Waals surface area contributed by atoms with Crippen molar-refractivity contribution >= 4 is 15.7 Å². The summed E-state index contributed by atoms with van der Waals surface area (Å²) in [7, 11) is -3.38.